The minimum atomic E-state index is -1.38. The third-order valence-corrected chi connectivity index (χ3v) is 4.68. The first kappa shape index (κ1) is 19.2. The van der Waals surface area contributed by atoms with Crippen molar-refractivity contribution in [3.8, 4) is 0 Å². The van der Waals surface area contributed by atoms with E-state index in [1.165, 1.54) is 0 Å². The number of benzene rings is 1. The number of ketones is 1. The van der Waals surface area contributed by atoms with E-state index in [0.717, 1.165) is 0 Å². The molecule has 0 radical (unpaired) electrons. The average Bonchev–Trinajstić information content (AvgIpc) is 3.30. The fourth-order valence-electron chi connectivity index (χ4n) is 3.02. The van der Waals surface area contributed by atoms with Crippen LogP contribution >= 0.6 is 0 Å². The fourth-order valence-corrected chi connectivity index (χ4v) is 3.02. The highest BCUT2D eigenvalue weighted by atomic mass is 17.2. The van der Waals surface area contributed by atoms with Crippen molar-refractivity contribution in [1.82, 2.24) is 4.57 Å². The van der Waals surface area contributed by atoms with Crippen molar-refractivity contribution in [3.05, 3.63) is 59.4 Å². The minimum Gasteiger partial charge on any atom is -0.394 e. The summed E-state index contributed by atoms with van der Waals surface area (Å²) in [4.78, 5) is 34.6. The molecule has 0 fully saturated rings. The summed E-state index contributed by atoms with van der Waals surface area (Å²) >= 11 is 0. The van der Waals surface area contributed by atoms with Gasteiger partial charge in [-0.1, -0.05) is 30.3 Å². The summed E-state index contributed by atoms with van der Waals surface area (Å²) in [6.07, 6.45) is 0.487. The Morgan fingerprint density at radius 1 is 1.15 bits per heavy atom. The fraction of sp³-hybridized carbons (Fsp3) is 0.368. The third kappa shape index (κ3) is 3.93. The molecule has 1 unspecified atom stereocenters. The van der Waals surface area contributed by atoms with Crippen LogP contribution in [-0.4, -0.2) is 51.9 Å². The number of aliphatic hydroxyl groups is 2. The number of aromatic nitrogens is 1. The topological polar surface area (TPSA) is 124 Å². The van der Waals surface area contributed by atoms with Crippen molar-refractivity contribution in [2.75, 3.05) is 19.8 Å². The Kier molecular flexibility index (Phi) is 5.71. The van der Waals surface area contributed by atoms with E-state index in [-0.39, 0.29) is 12.4 Å². The Labute approximate surface area is 156 Å². The van der Waals surface area contributed by atoms with Gasteiger partial charge in [0.2, 0.25) is 5.78 Å². The molecular formula is C19H22N2O6. The van der Waals surface area contributed by atoms with Gasteiger partial charge in [0.15, 0.2) is 0 Å². The molecule has 2 heterocycles. The van der Waals surface area contributed by atoms with Gasteiger partial charge in [0.05, 0.1) is 24.4 Å². The van der Waals surface area contributed by atoms with Crippen LogP contribution in [0.1, 0.15) is 34.1 Å². The van der Waals surface area contributed by atoms with Crippen LogP contribution in [0.4, 0.5) is 0 Å². The summed E-state index contributed by atoms with van der Waals surface area (Å²) in [7, 11) is 0. The number of nitrogens with two attached hydrogens (primary N) is 1. The molecule has 8 heteroatoms. The van der Waals surface area contributed by atoms with Gasteiger partial charge in [0.1, 0.15) is 12.5 Å². The first-order valence-electron chi connectivity index (χ1n) is 8.62. The number of hydrogen-bond donors (Lipinski definition) is 3. The van der Waals surface area contributed by atoms with Gasteiger partial charge in [-0.05, 0) is 18.6 Å². The average molecular weight is 374 g/mol. The zero-order valence-electron chi connectivity index (χ0n) is 14.7. The summed E-state index contributed by atoms with van der Waals surface area (Å²) < 4.78 is 1.82. The SMILES string of the molecule is NC(CO)(CO)COOC(=O)C1CCn2c(C(=O)c3ccccc3)ccc21. The number of aliphatic hydroxyl groups excluding tert-OH is 2. The van der Waals surface area contributed by atoms with Crippen LogP contribution in [-0.2, 0) is 21.1 Å². The van der Waals surface area contributed by atoms with Crippen LogP contribution < -0.4 is 5.73 Å². The second kappa shape index (κ2) is 8.01. The predicted molar refractivity (Wildman–Crippen MR) is 94.8 cm³/mol. The quantitative estimate of drug-likeness (QED) is 0.346. The maximum atomic E-state index is 12.7. The molecule has 1 aliphatic heterocycles. The second-order valence-electron chi connectivity index (χ2n) is 6.67. The van der Waals surface area contributed by atoms with E-state index in [2.05, 4.69) is 0 Å². The van der Waals surface area contributed by atoms with Crippen LogP contribution in [0.25, 0.3) is 0 Å². The first-order valence-corrected chi connectivity index (χ1v) is 8.62. The van der Waals surface area contributed by atoms with Crippen LogP contribution in [0.3, 0.4) is 0 Å². The van der Waals surface area contributed by atoms with E-state index in [1.807, 2.05) is 10.6 Å². The number of fused-ring (bicyclic) bond motifs is 1. The lowest BCUT2D eigenvalue weighted by Crippen LogP contribution is -2.51. The van der Waals surface area contributed by atoms with Crippen molar-refractivity contribution in [2.45, 2.75) is 24.4 Å². The molecule has 0 amide bonds. The Bertz CT molecular complexity index is 813. The van der Waals surface area contributed by atoms with E-state index in [9.17, 15) is 9.59 Å². The van der Waals surface area contributed by atoms with Crippen molar-refractivity contribution in [3.63, 3.8) is 0 Å². The monoisotopic (exact) mass is 374 g/mol. The highest BCUT2D eigenvalue weighted by Gasteiger charge is 2.34. The lowest BCUT2D eigenvalue weighted by Gasteiger charge is -2.23. The third-order valence-electron chi connectivity index (χ3n) is 4.68. The zero-order chi connectivity index (χ0) is 19.4. The van der Waals surface area contributed by atoms with E-state index in [1.54, 1.807) is 36.4 Å². The van der Waals surface area contributed by atoms with Gasteiger partial charge in [0, 0.05) is 17.8 Å². The summed E-state index contributed by atoms with van der Waals surface area (Å²) in [6.45, 7) is -0.849. The maximum Gasteiger partial charge on any atom is 0.351 e. The number of rotatable bonds is 8. The molecule has 1 aromatic carbocycles. The van der Waals surface area contributed by atoms with E-state index in [4.69, 9.17) is 25.7 Å². The maximum absolute atomic E-state index is 12.7. The summed E-state index contributed by atoms with van der Waals surface area (Å²) in [5.41, 5.74) is 6.06. The van der Waals surface area contributed by atoms with Gasteiger partial charge in [-0.2, -0.15) is 4.89 Å². The van der Waals surface area contributed by atoms with E-state index >= 15 is 0 Å². The molecule has 8 nitrogen and oxygen atoms in total. The van der Waals surface area contributed by atoms with Gasteiger partial charge in [0.25, 0.3) is 0 Å². The molecule has 4 N–H and O–H groups in total. The Balaban J connectivity index is 1.66. The lowest BCUT2D eigenvalue weighted by atomic mass is 10.1. The first-order chi connectivity index (χ1) is 13.0. The van der Waals surface area contributed by atoms with Crippen molar-refractivity contribution >= 4 is 11.8 Å². The van der Waals surface area contributed by atoms with Gasteiger partial charge in [-0.25, -0.2) is 4.79 Å². The van der Waals surface area contributed by atoms with Gasteiger partial charge in [-0.15, -0.1) is 0 Å². The van der Waals surface area contributed by atoms with Gasteiger partial charge < -0.3 is 20.5 Å². The predicted octanol–water partition coefficient (Wildman–Crippen LogP) is 0.363. The molecule has 0 aliphatic carbocycles. The summed E-state index contributed by atoms with van der Waals surface area (Å²) in [5, 5.41) is 18.2. The largest absolute Gasteiger partial charge is 0.394 e. The minimum absolute atomic E-state index is 0.106. The van der Waals surface area contributed by atoms with Crippen LogP contribution in [0.5, 0.6) is 0 Å². The lowest BCUT2D eigenvalue weighted by molar-refractivity contribution is -0.283. The number of carbonyl (C=O) groups is 2. The molecule has 27 heavy (non-hydrogen) atoms. The van der Waals surface area contributed by atoms with Gasteiger partial charge in [-0.3, -0.25) is 9.68 Å². The van der Waals surface area contributed by atoms with Crippen molar-refractivity contribution in [2.24, 2.45) is 5.73 Å². The molecular weight excluding hydrogens is 352 g/mol. The van der Waals surface area contributed by atoms with E-state index < -0.39 is 30.6 Å². The smallest absolute Gasteiger partial charge is 0.351 e. The standard InChI is InChI=1S/C19H22N2O6/c20-19(10-22,11-23)12-26-27-18(25)14-8-9-21-15(14)6-7-16(21)17(24)13-4-2-1-3-5-13/h1-7,14,22-23H,8-12,20H2. The highest BCUT2D eigenvalue weighted by molar-refractivity contribution is 6.08. The van der Waals surface area contributed by atoms with Crippen molar-refractivity contribution in [1.29, 1.82) is 0 Å². The summed E-state index contributed by atoms with van der Waals surface area (Å²) in [5.74, 6) is -1.27. The molecule has 1 aliphatic rings. The number of hydrogen-bond acceptors (Lipinski definition) is 7. The molecule has 144 valence electrons. The van der Waals surface area contributed by atoms with Crippen LogP contribution in [0, 0.1) is 0 Å². The molecule has 1 atom stereocenters. The number of nitrogens with zero attached hydrogens (tertiary/aromatic N) is 1. The number of carbonyl (C=O) groups excluding carboxylic acids is 2. The molecule has 0 bridgehead atoms. The Hall–Kier alpha value is -2.52. The van der Waals surface area contributed by atoms with E-state index in [0.29, 0.717) is 29.9 Å². The zero-order valence-corrected chi connectivity index (χ0v) is 14.7. The second-order valence-corrected chi connectivity index (χ2v) is 6.67. The van der Waals surface area contributed by atoms with Gasteiger partial charge >= 0.3 is 5.97 Å². The Morgan fingerprint density at radius 2 is 1.85 bits per heavy atom. The molecule has 0 saturated carbocycles. The normalized spacial score (nSPS) is 16.2. The molecule has 0 saturated heterocycles. The molecule has 3 rings (SSSR count). The Morgan fingerprint density at radius 3 is 2.52 bits per heavy atom. The van der Waals surface area contributed by atoms with Crippen molar-refractivity contribution < 1.29 is 29.6 Å². The highest BCUT2D eigenvalue weighted by Crippen LogP contribution is 2.32. The molecule has 1 aromatic heterocycles. The summed E-state index contributed by atoms with van der Waals surface area (Å²) in [6, 6.07) is 12.4. The van der Waals surface area contributed by atoms with Crippen LogP contribution in [0.2, 0.25) is 0 Å². The molecule has 2 aromatic rings. The molecule has 0 spiro atoms. The van der Waals surface area contributed by atoms with Crippen LogP contribution in [0.15, 0.2) is 42.5 Å².